The summed E-state index contributed by atoms with van der Waals surface area (Å²) in [6.45, 7) is 6.78. The van der Waals surface area contributed by atoms with Crippen molar-refractivity contribution < 1.29 is 8.42 Å². The predicted octanol–water partition coefficient (Wildman–Crippen LogP) is 4.63. The van der Waals surface area contributed by atoms with Crippen LogP contribution in [0.15, 0.2) is 53.4 Å². The lowest BCUT2D eigenvalue weighted by Gasteiger charge is -2.35. The Morgan fingerprint density at radius 1 is 0.893 bits per heavy atom. The van der Waals surface area contributed by atoms with Crippen LogP contribution in [0.25, 0.3) is 0 Å². The highest BCUT2D eigenvalue weighted by atomic mass is 32.2. The zero-order valence-corrected chi connectivity index (χ0v) is 17.9. The van der Waals surface area contributed by atoms with E-state index in [1.54, 1.807) is 16.4 Å². The zero-order chi connectivity index (χ0) is 20.0. The molecule has 0 amide bonds. The van der Waals surface area contributed by atoms with Gasteiger partial charge in [0, 0.05) is 31.9 Å². The summed E-state index contributed by atoms with van der Waals surface area (Å²) in [5.41, 5.74) is 3.62. The van der Waals surface area contributed by atoms with Crippen LogP contribution in [0.4, 0.5) is 5.69 Å². The van der Waals surface area contributed by atoms with Crippen molar-refractivity contribution in [2.75, 3.05) is 31.1 Å². The predicted molar refractivity (Wildman–Crippen MR) is 116 cm³/mol. The fourth-order valence-corrected chi connectivity index (χ4v) is 5.17. The van der Waals surface area contributed by atoms with Crippen LogP contribution in [0.1, 0.15) is 43.7 Å². The van der Waals surface area contributed by atoms with E-state index in [0.29, 0.717) is 18.0 Å². The van der Waals surface area contributed by atoms with Gasteiger partial charge in [-0.25, -0.2) is 8.42 Å². The summed E-state index contributed by atoms with van der Waals surface area (Å²) in [6.07, 6.45) is 5.92. The minimum atomic E-state index is -3.42. The molecule has 1 saturated heterocycles. The summed E-state index contributed by atoms with van der Waals surface area (Å²) in [7, 11) is -3.42. The van der Waals surface area contributed by atoms with E-state index in [0.717, 1.165) is 19.5 Å². The largest absolute Gasteiger partial charge is 0.369 e. The minimum Gasteiger partial charge on any atom is -0.369 e. The Labute approximate surface area is 170 Å². The van der Waals surface area contributed by atoms with Crippen LogP contribution in [-0.2, 0) is 16.4 Å². The molecule has 3 rings (SSSR count). The van der Waals surface area contributed by atoms with E-state index in [4.69, 9.17) is 0 Å². The van der Waals surface area contributed by atoms with E-state index in [1.807, 2.05) is 12.1 Å². The van der Waals surface area contributed by atoms with Gasteiger partial charge in [0.1, 0.15) is 0 Å². The number of hydrogen-bond acceptors (Lipinski definition) is 3. The number of anilines is 1. The van der Waals surface area contributed by atoms with Gasteiger partial charge in [-0.15, -0.1) is 0 Å². The number of hydrogen-bond donors (Lipinski definition) is 0. The fourth-order valence-electron chi connectivity index (χ4n) is 3.74. The van der Waals surface area contributed by atoms with Gasteiger partial charge < -0.3 is 4.90 Å². The highest BCUT2D eigenvalue weighted by molar-refractivity contribution is 7.89. The van der Waals surface area contributed by atoms with Gasteiger partial charge in [0.25, 0.3) is 0 Å². The van der Waals surface area contributed by atoms with Crippen molar-refractivity contribution in [3.63, 3.8) is 0 Å². The maximum atomic E-state index is 13.0. The molecule has 1 heterocycles. The normalized spacial score (nSPS) is 15.7. The maximum absolute atomic E-state index is 13.0. The lowest BCUT2D eigenvalue weighted by molar-refractivity contribution is 0.385. The van der Waals surface area contributed by atoms with Gasteiger partial charge in [0.2, 0.25) is 10.0 Å². The van der Waals surface area contributed by atoms with Crippen LogP contribution in [0, 0.1) is 6.92 Å². The number of piperazine rings is 1. The van der Waals surface area contributed by atoms with Crippen molar-refractivity contribution in [1.29, 1.82) is 0 Å². The van der Waals surface area contributed by atoms with Crippen LogP contribution in [0.3, 0.4) is 0 Å². The van der Waals surface area contributed by atoms with Gasteiger partial charge in [0.15, 0.2) is 0 Å². The second-order valence-corrected chi connectivity index (χ2v) is 9.62. The third-order valence-corrected chi connectivity index (χ3v) is 7.40. The molecule has 1 fully saturated rings. The van der Waals surface area contributed by atoms with Gasteiger partial charge in [-0.1, -0.05) is 50.5 Å². The first kappa shape index (κ1) is 20.9. The number of benzene rings is 2. The first-order valence-corrected chi connectivity index (χ1v) is 11.9. The van der Waals surface area contributed by atoms with Gasteiger partial charge in [0.05, 0.1) is 4.90 Å². The van der Waals surface area contributed by atoms with Crippen LogP contribution in [0.5, 0.6) is 0 Å². The minimum absolute atomic E-state index is 0.411. The molecule has 4 nitrogen and oxygen atoms in total. The third-order valence-electron chi connectivity index (χ3n) is 5.49. The molecule has 2 aromatic rings. The first-order chi connectivity index (χ1) is 13.5. The number of rotatable bonds is 8. The molecule has 0 atom stereocenters. The molecule has 0 saturated carbocycles. The van der Waals surface area contributed by atoms with E-state index in [2.05, 4.69) is 43.0 Å². The SMILES string of the molecule is CCCCCCc1ccc(S(=O)(=O)N2CCN(c3cccc(C)c3)CC2)cc1. The number of sulfonamides is 1. The van der Waals surface area contributed by atoms with E-state index in [9.17, 15) is 8.42 Å². The Balaban J connectivity index is 1.59. The summed E-state index contributed by atoms with van der Waals surface area (Å²) in [5, 5.41) is 0. The topological polar surface area (TPSA) is 40.6 Å². The van der Waals surface area contributed by atoms with Crippen molar-refractivity contribution >= 4 is 15.7 Å². The second kappa shape index (κ2) is 9.57. The second-order valence-electron chi connectivity index (χ2n) is 7.68. The number of unbranched alkanes of at least 4 members (excludes halogenated alkanes) is 3. The van der Waals surface area contributed by atoms with Crippen molar-refractivity contribution in [2.24, 2.45) is 0 Å². The monoisotopic (exact) mass is 400 g/mol. The molecule has 28 heavy (non-hydrogen) atoms. The van der Waals surface area contributed by atoms with Crippen LogP contribution in [-0.4, -0.2) is 38.9 Å². The summed E-state index contributed by atoms with van der Waals surface area (Å²) >= 11 is 0. The highest BCUT2D eigenvalue weighted by Crippen LogP contribution is 2.22. The first-order valence-electron chi connectivity index (χ1n) is 10.4. The Kier molecular flexibility index (Phi) is 7.13. The van der Waals surface area contributed by atoms with Gasteiger partial charge in [-0.2, -0.15) is 4.31 Å². The molecule has 0 aromatic heterocycles. The van der Waals surface area contributed by atoms with Crippen molar-refractivity contribution in [2.45, 2.75) is 50.8 Å². The van der Waals surface area contributed by atoms with Crippen LogP contribution in [0.2, 0.25) is 0 Å². The quantitative estimate of drug-likeness (QED) is 0.607. The van der Waals surface area contributed by atoms with E-state index < -0.39 is 10.0 Å². The molecule has 0 bridgehead atoms. The summed E-state index contributed by atoms with van der Waals surface area (Å²) < 4.78 is 27.6. The average molecular weight is 401 g/mol. The Hall–Kier alpha value is -1.85. The molecule has 0 N–H and O–H groups in total. The Bertz CT molecular complexity index is 854. The lowest BCUT2D eigenvalue weighted by atomic mass is 10.1. The molecule has 0 aliphatic carbocycles. The molecule has 0 spiro atoms. The van der Waals surface area contributed by atoms with Crippen molar-refractivity contribution in [3.05, 3.63) is 59.7 Å². The molecule has 1 aliphatic rings. The lowest BCUT2D eigenvalue weighted by Crippen LogP contribution is -2.48. The number of nitrogens with zero attached hydrogens (tertiary/aromatic N) is 2. The van der Waals surface area contributed by atoms with Crippen LogP contribution < -0.4 is 4.90 Å². The van der Waals surface area contributed by atoms with Gasteiger partial charge >= 0.3 is 0 Å². The summed E-state index contributed by atoms with van der Waals surface area (Å²) in [6, 6.07) is 15.9. The number of aryl methyl sites for hydroxylation is 2. The van der Waals surface area contributed by atoms with E-state index in [-0.39, 0.29) is 0 Å². The maximum Gasteiger partial charge on any atom is 0.243 e. The molecule has 5 heteroatoms. The molecular weight excluding hydrogens is 368 g/mol. The average Bonchev–Trinajstić information content (AvgIpc) is 2.72. The highest BCUT2D eigenvalue weighted by Gasteiger charge is 2.28. The standard InChI is InChI=1S/C23H32N2O2S/c1-3-4-5-6-9-21-11-13-23(14-12-21)28(26,27)25-17-15-24(16-18-25)22-10-7-8-20(2)19-22/h7-8,10-14,19H,3-6,9,15-18H2,1-2H3. The van der Waals surface area contributed by atoms with Crippen molar-refractivity contribution in [1.82, 2.24) is 4.31 Å². The fraction of sp³-hybridized carbons (Fsp3) is 0.478. The summed E-state index contributed by atoms with van der Waals surface area (Å²) in [4.78, 5) is 2.67. The van der Waals surface area contributed by atoms with E-state index in [1.165, 1.54) is 42.5 Å². The Morgan fingerprint density at radius 2 is 1.61 bits per heavy atom. The summed E-state index contributed by atoms with van der Waals surface area (Å²) in [5.74, 6) is 0. The molecule has 2 aromatic carbocycles. The third kappa shape index (κ3) is 5.15. The smallest absolute Gasteiger partial charge is 0.243 e. The zero-order valence-electron chi connectivity index (χ0n) is 17.1. The van der Waals surface area contributed by atoms with Crippen molar-refractivity contribution in [3.8, 4) is 0 Å². The molecule has 152 valence electrons. The molecule has 0 unspecified atom stereocenters. The van der Waals surface area contributed by atoms with Gasteiger partial charge in [-0.05, 0) is 55.2 Å². The van der Waals surface area contributed by atoms with Gasteiger partial charge in [-0.3, -0.25) is 0 Å². The molecular formula is C23H32N2O2S. The molecule has 1 aliphatic heterocycles. The van der Waals surface area contributed by atoms with E-state index >= 15 is 0 Å². The Morgan fingerprint density at radius 3 is 2.25 bits per heavy atom. The van der Waals surface area contributed by atoms with Crippen LogP contribution >= 0.6 is 0 Å². The molecule has 0 radical (unpaired) electrons.